The minimum absolute atomic E-state index is 0.150. The van der Waals surface area contributed by atoms with Gasteiger partial charge in [0.1, 0.15) is 12.4 Å². The predicted molar refractivity (Wildman–Crippen MR) is 95.5 cm³/mol. The monoisotopic (exact) mass is 324 g/mol. The third-order valence-electron chi connectivity index (χ3n) is 4.27. The van der Waals surface area contributed by atoms with Gasteiger partial charge < -0.3 is 15.4 Å². The molecule has 3 rings (SSSR count). The largest absolute Gasteiger partial charge is 0.492 e. The maximum absolute atomic E-state index is 11.7. The minimum atomic E-state index is -0.150. The molecule has 0 fully saturated rings. The highest BCUT2D eigenvalue weighted by molar-refractivity contribution is 5.73. The Bertz CT molecular complexity index is 671. The first-order valence-electron chi connectivity index (χ1n) is 8.61. The highest BCUT2D eigenvalue weighted by Crippen LogP contribution is 2.25. The number of amides is 2. The molecule has 0 bridgehead atoms. The molecule has 126 valence electrons. The Balaban J connectivity index is 1.29. The van der Waals surface area contributed by atoms with Crippen molar-refractivity contribution in [2.45, 2.75) is 25.7 Å². The Labute approximate surface area is 143 Å². The molecule has 0 radical (unpaired) electrons. The number of hydrogen-bond acceptors (Lipinski definition) is 2. The number of carbonyl (C=O) groups excluding carboxylic acids is 1. The molecule has 0 saturated heterocycles. The minimum Gasteiger partial charge on any atom is -0.492 e. The first kappa shape index (κ1) is 16.4. The molecule has 0 unspecified atom stereocenters. The summed E-state index contributed by atoms with van der Waals surface area (Å²) in [5, 5.41) is 5.67. The molecular formula is C20H24N2O2. The Morgan fingerprint density at radius 1 is 0.958 bits per heavy atom. The zero-order chi connectivity index (χ0) is 16.6. The lowest BCUT2D eigenvalue weighted by Gasteiger charge is -2.10. The first-order valence-corrected chi connectivity index (χ1v) is 8.61. The van der Waals surface area contributed by atoms with E-state index in [0.29, 0.717) is 19.7 Å². The van der Waals surface area contributed by atoms with Crippen molar-refractivity contribution in [2.24, 2.45) is 0 Å². The quantitative estimate of drug-likeness (QED) is 0.769. The average Bonchev–Trinajstić information content (AvgIpc) is 3.07. The van der Waals surface area contributed by atoms with E-state index < -0.39 is 0 Å². The number of nitrogens with one attached hydrogen (secondary N) is 2. The molecular weight excluding hydrogens is 300 g/mol. The molecule has 2 N–H and O–H groups in total. The number of carbonyl (C=O) groups is 1. The van der Waals surface area contributed by atoms with Crippen molar-refractivity contribution >= 4 is 6.03 Å². The molecule has 1 aliphatic rings. The fourth-order valence-electron chi connectivity index (χ4n) is 3.00. The number of benzene rings is 2. The Kier molecular flexibility index (Phi) is 5.72. The van der Waals surface area contributed by atoms with Crippen molar-refractivity contribution in [1.82, 2.24) is 10.6 Å². The summed E-state index contributed by atoms with van der Waals surface area (Å²) in [6, 6.07) is 16.3. The van der Waals surface area contributed by atoms with Gasteiger partial charge in [-0.05, 0) is 54.5 Å². The smallest absolute Gasteiger partial charge is 0.314 e. The molecule has 0 aliphatic heterocycles. The van der Waals surface area contributed by atoms with Crippen LogP contribution in [0.2, 0.25) is 0 Å². The molecule has 4 nitrogen and oxygen atoms in total. The van der Waals surface area contributed by atoms with E-state index in [-0.39, 0.29) is 6.03 Å². The maximum atomic E-state index is 11.7. The van der Waals surface area contributed by atoms with Gasteiger partial charge in [0, 0.05) is 6.54 Å². The Morgan fingerprint density at radius 2 is 1.75 bits per heavy atom. The van der Waals surface area contributed by atoms with Gasteiger partial charge in [-0.2, -0.15) is 0 Å². The highest BCUT2D eigenvalue weighted by atomic mass is 16.5. The number of aryl methyl sites for hydroxylation is 2. The molecule has 2 amide bonds. The van der Waals surface area contributed by atoms with Crippen LogP contribution >= 0.6 is 0 Å². The number of fused-ring (bicyclic) bond motifs is 1. The summed E-state index contributed by atoms with van der Waals surface area (Å²) in [4.78, 5) is 11.7. The average molecular weight is 324 g/mol. The molecule has 0 atom stereocenters. The van der Waals surface area contributed by atoms with E-state index in [4.69, 9.17) is 4.74 Å². The molecule has 0 spiro atoms. The van der Waals surface area contributed by atoms with Gasteiger partial charge in [-0.1, -0.05) is 36.4 Å². The molecule has 24 heavy (non-hydrogen) atoms. The van der Waals surface area contributed by atoms with Crippen molar-refractivity contribution in [2.75, 3.05) is 19.7 Å². The second-order valence-electron chi connectivity index (χ2n) is 6.05. The number of hydrogen-bond donors (Lipinski definition) is 2. The summed E-state index contributed by atoms with van der Waals surface area (Å²) < 4.78 is 5.71. The number of ether oxygens (including phenoxy) is 1. The van der Waals surface area contributed by atoms with Gasteiger partial charge in [-0.25, -0.2) is 4.79 Å². The summed E-state index contributed by atoms with van der Waals surface area (Å²) >= 11 is 0. The van der Waals surface area contributed by atoms with Crippen LogP contribution in [0.1, 0.15) is 23.1 Å². The predicted octanol–water partition coefficient (Wildman–Crippen LogP) is 3.10. The van der Waals surface area contributed by atoms with Crippen molar-refractivity contribution in [3.8, 4) is 5.75 Å². The lowest BCUT2D eigenvalue weighted by molar-refractivity contribution is 0.236. The molecule has 0 heterocycles. The normalized spacial score (nSPS) is 12.5. The van der Waals surface area contributed by atoms with Gasteiger partial charge in [-0.15, -0.1) is 0 Å². The van der Waals surface area contributed by atoms with Crippen LogP contribution in [0, 0.1) is 0 Å². The lowest BCUT2D eigenvalue weighted by atomic mass is 10.1. The van der Waals surface area contributed by atoms with Crippen LogP contribution in [0.25, 0.3) is 0 Å². The highest BCUT2D eigenvalue weighted by Gasteiger charge is 2.11. The second-order valence-corrected chi connectivity index (χ2v) is 6.05. The summed E-state index contributed by atoms with van der Waals surface area (Å²) in [6.45, 7) is 1.60. The third-order valence-corrected chi connectivity index (χ3v) is 4.27. The fraction of sp³-hybridized carbons (Fsp3) is 0.350. The van der Waals surface area contributed by atoms with Crippen LogP contribution in [0.3, 0.4) is 0 Å². The molecule has 0 saturated carbocycles. The van der Waals surface area contributed by atoms with E-state index in [1.54, 1.807) is 0 Å². The van der Waals surface area contributed by atoms with E-state index in [0.717, 1.165) is 18.6 Å². The topological polar surface area (TPSA) is 50.4 Å². The standard InChI is InChI=1S/C20H24N2O2/c23-20(21-12-11-16-5-2-1-3-6-16)22-13-14-24-19-10-9-17-7-4-8-18(17)15-19/h1-3,5-6,9-10,15H,4,7-8,11-14H2,(H2,21,22,23). The molecule has 2 aromatic carbocycles. The number of rotatable bonds is 7. The van der Waals surface area contributed by atoms with E-state index >= 15 is 0 Å². The van der Waals surface area contributed by atoms with E-state index in [9.17, 15) is 4.79 Å². The van der Waals surface area contributed by atoms with Gasteiger partial charge in [0.2, 0.25) is 0 Å². The van der Waals surface area contributed by atoms with Gasteiger partial charge in [-0.3, -0.25) is 0 Å². The molecule has 2 aromatic rings. The molecule has 1 aliphatic carbocycles. The zero-order valence-corrected chi connectivity index (χ0v) is 13.9. The van der Waals surface area contributed by atoms with Crippen LogP contribution in [0.4, 0.5) is 4.79 Å². The van der Waals surface area contributed by atoms with Gasteiger partial charge in [0.05, 0.1) is 6.54 Å². The maximum Gasteiger partial charge on any atom is 0.314 e. The summed E-state index contributed by atoms with van der Waals surface area (Å²) in [7, 11) is 0. The lowest BCUT2D eigenvalue weighted by Crippen LogP contribution is -2.38. The van der Waals surface area contributed by atoms with Crippen molar-refractivity contribution < 1.29 is 9.53 Å². The second kappa shape index (κ2) is 8.39. The van der Waals surface area contributed by atoms with Crippen molar-refractivity contribution in [3.63, 3.8) is 0 Å². The van der Waals surface area contributed by atoms with Crippen LogP contribution in [0.5, 0.6) is 5.75 Å². The third kappa shape index (κ3) is 4.75. The van der Waals surface area contributed by atoms with E-state index in [1.807, 2.05) is 24.3 Å². The van der Waals surface area contributed by atoms with Gasteiger partial charge in [0.25, 0.3) is 0 Å². The first-order chi connectivity index (χ1) is 11.8. The van der Waals surface area contributed by atoms with Crippen molar-refractivity contribution in [1.29, 1.82) is 0 Å². The Morgan fingerprint density at radius 3 is 2.62 bits per heavy atom. The van der Waals surface area contributed by atoms with E-state index in [1.165, 1.54) is 29.5 Å². The number of urea groups is 1. The summed E-state index contributed by atoms with van der Waals surface area (Å²) in [5.41, 5.74) is 4.06. The van der Waals surface area contributed by atoms with Crippen LogP contribution < -0.4 is 15.4 Å². The van der Waals surface area contributed by atoms with Crippen LogP contribution in [-0.2, 0) is 19.3 Å². The summed E-state index contributed by atoms with van der Waals surface area (Å²) in [5.74, 6) is 0.891. The van der Waals surface area contributed by atoms with Crippen LogP contribution in [-0.4, -0.2) is 25.7 Å². The van der Waals surface area contributed by atoms with Gasteiger partial charge in [0.15, 0.2) is 0 Å². The SMILES string of the molecule is O=C(NCCOc1ccc2c(c1)CCC2)NCCc1ccccc1. The fourth-order valence-corrected chi connectivity index (χ4v) is 3.00. The Hall–Kier alpha value is -2.49. The van der Waals surface area contributed by atoms with Gasteiger partial charge >= 0.3 is 6.03 Å². The molecule has 4 heteroatoms. The zero-order valence-electron chi connectivity index (χ0n) is 13.9. The van der Waals surface area contributed by atoms with Crippen molar-refractivity contribution in [3.05, 3.63) is 65.2 Å². The molecule has 0 aromatic heterocycles. The van der Waals surface area contributed by atoms with E-state index in [2.05, 4.69) is 34.9 Å². The van der Waals surface area contributed by atoms with Crippen LogP contribution in [0.15, 0.2) is 48.5 Å². The summed E-state index contributed by atoms with van der Waals surface area (Å²) in [6.07, 6.45) is 4.40.